The van der Waals surface area contributed by atoms with Gasteiger partial charge in [-0.1, -0.05) is 19.8 Å². The summed E-state index contributed by atoms with van der Waals surface area (Å²) in [7, 11) is 0. The van der Waals surface area contributed by atoms with Gasteiger partial charge in [0.15, 0.2) is 0 Å². The molecule has 1 atom stereocenters. The van der Waals surface area contributed by atoms with Crippen LogP contribution in [0.2, 0.25) is 0 Å². The number of hydrogen-bond donors (Lipinski definition) is 3. The monoisotopic (exact) mass is 214 g/mol. The summed E-state index contributed by atoms with van der Waals surface area (Å²) < 4.78 is 0. The quantitative estimate of drug-likeness (QED) is 0.614. The van der Waals surface area contributed by atoms with E-state index >= 15 is 0 Å². The first-order chi connectivity index (χ1) is 7.09. The fourth-order valence-electron chi connectivity index (χ4n) is 2.06. The predicted octanol–water partition coefficient (Wildman–Crippen LogP) is 0.248. The number of amides is 1. The average molecular weight is 214 g/mol. The number of hydrogen-bond acceptors (Lipinski definition) is 3. The minimum atomic E-state index is -1.05. The number of rotatable bonds is 5. The zero-order valence-electron chi connectivity index (χ0n) is 9.41. The van der Waals surface area contributed by atoms with E-state index in [9.17, 15) is 4.79 Å². The maximum atomic E-state index is 10.6. The topological polar surface area (TPSA) is 75.3 Å². The van der Waals surface area contributed by atoms with Crippen LogP contribution in [0.1, 0.15) is 32.6 Å². The second-order valence-electron chi connectivity index (χ2n) is 4.70. The Morgan fingerprint density at radius 2 is 2.07 bits per heavy atom. The van der Waals surface area contributed by atoms with Crippen LogP contribution in [-0.4, -0.2) is 30.2 Å². The third kappa shape index (κ3) is 4.62. The fraction of sp³-hybridized carbons (Fsp3) is 0.909. The van der Waals surface area contributed by atoms with E-state index < -0.39 is 12.0 Å². The molecule has 1 rings (SSSR count). The smallest absolute Gasteiger partial charge is 0.247 e. The third-order valence-corrected chi connectivity index (χ3v) is 3.23. The van der Waals surface area contributed by atoms with Crippen LogP contribution < -0.4 is 11.1 Å². The number of carbonyl (C=O) groups excluding carboxylic acids is 1. The van der Waals surface area contributed by atoms with E-state index in [0.717, 1.165) is 12.5 Å². The second kappa shape index (κ2) is 6.08. The molecule has 0 saturated heterocycles. The zero-order valence-corrected chi connectivity index (χ0v) is 9.41. The van der Waals surface area contributed by atoms with E-state index in [1.807, 2.05) is 0 Å². The van der Waals surface area contributed by atoms with Gasteiger partial charge in [0.25, 0.3) is 0 Å². The molecule has 88 valence electrons. The number of carbonyl (C=O) groups is 1. The lowest BCUT2D eigenvalue weighted by atomic mass is 9.83. The molecule has 0 aromatic heterocycles. The normalized spacial score (nSPS) is 28.7. The first-order valence-electron chi connectivity index (χ1n) is 5.77. The van der Waals surface area contributed by atoms with Crippen molar-refractivity contribution in [1.29, 1.82) is 0 Å². The molecule has 4 N–H and O–H groups in total. The molecule has 0 radical (unpaired) electrons. The molecule has 1 aliphatic carbocycles. The molecule has 0 aliphatic heterocycles. The maximum Gasteiger partial charge on any atom is 0.247 e. The van der Waals surface area contributed by atoms with Crippen LogP contribution in [0.3, 0.4) is 0 Å². The molecule has 0 spiro atoms. The van der Waals surface area contributed by atoms with Gasteiger partial charge in [-0.2, -0.15) is 0 Å². The van der Waals surface area contributed by atoms with E-state index in [2.05, 4.69) is 12.2 Å². The number of primary amides is 1. The first kappa shape index (κ1) is 12.5. The Balaban J connectivity index is 2.07. The van der Waals surface area contributed by atoms with Gasteiger partial charge in [-0.25, -0.2) is 0 Å². The van der Waals surface area contributed by atoms with Crippen molar-refractivity contribution < 1.29 is 9.90 Å². The van der Waals surface area contributed by atoms with Gasteiger partial charge in [0.2, 0.25) is 5.91 Å². The van der Waals surface area contributed by atoms with Crippen LogP contribution in [0.25, 0.3) is 0 Å². The standard InChI is InChI=1S/C11H22N2O2/c1-8-2-4-9(5-3-8)6-13-7-10(14)11(12)15/h8-10,13-14H,2-7H2,1H3,(H2,12,15). The van der Waals surface area contributed by atoms with Crippen LogP contribution in [0, 0.1) is 11.8 Å². The summed E-state index contributed by atoms with van der Waals surface area (Å²) >= 11 is 0. The van der Waals surface area contributed by atoms with Crippen LogP contribution in [0.15, 0.2) is 0 Å². The molecule has 1 amide bonds. The molecule has 1 unspecified atom stereocenters. The van der Waals surface area contributed by atoms with Crippen molar-refractivity contribution in [2.45, 2.75) is 38.7 Å². The third-order valence-electron chi connectivity index (χ3n) is 3.23. The number of nitrogens with two attached hydrogens (primary N) is 1. The van der Waals surface area contributed by atoms with Gasteiger partial charge >= 0.3 is 0 Å². The van der Waals surface area contributed by atoms with Crippen molar-refractivity contribution in [3.05, 3.63) is 0 Å². The molecule has 4 heteroatoms. The summed E-state index contributed by atoms with van der Waals surface area (Å²) in [6, 6.07) is 0. The Bertz CT molecular complexity index is 201. The van der Waals surface area contributed by atoms with E-state index in [4.69, 9.17) is 10.8 Å². The minimum Gasteiger partial charge on any atom is -0.382 e. The molecular formula is C11H22N2O2. The van der Waals surface area contributed by atoms with Gasteiger partial charge in [-0.05, 0) is 31.2 Å². The van der Waals surface area contributed by atoms with Crippen molar-refractivity contribution in [2.75, 3.05) is 13.1 Å². The lowest BCUT2D eigenvalue weighted by Gasteiger charge is -2.26. The Morgan fingerprint density at radius 3 is 2.60 bits per heavy atom. The average Bonchev–Trinajstić information content (AvgIpc) is 2.20. The van der Waals surface area contributed by atoms with Gasteiger partial charge in [-0.15, -0.1) is 0 Å². The molecule has 0 aromatic carbocycles. The lowest BCUT2D eigenvalue weighted by molar-refractivity contribution is -0.125. The van der Waals surface area contributed by atoms with Gasteiger partial charge in [-0.3, -0.25) is 4.79 Å². The largest absolute Gasteiger partial charge is 0.382 e. The highest BCUT2D eigenvalue weighted by molar-refractivity contribution is 5.78. The van der Waals surface area contributed by atoms with Crippen LogP contribution >= 0.6 is 0 Å². The molecule has 1 fully saturated rings. The van der Waals surface area contributed by atoms with Crippen LogP contribution in [-0.2, 0) is 4.79 Å². The summed E-state index contributed by atoms with van der Waals surface area (Å²) in [5, 5.41) is 12.3. The number of nitrogens with one attached hydrogen (secondary N) is 1. The Morgan fingerprint density at radius 1 is 1.47 bits per heavy atom. The minimum absolute atomic E-state index is 0.279. The SMILES string of the molecule is CC1CCC(CNCC(O)C(N)=O)CC1. The summed E-state index contributed by atoms with van der Waals surface area (Å²) in [4.78, 5) is 10.6. The summed E-state index contributed by atoms with van der Waals surface area (Å²) in [5.74, 6) is 0.901. The highest BCUT2D eigenvalue weighted by Gasteiger charge is 2.18. The van der Waals surface area contributed by atoms with Gasteiger partial charge in [0.05, 0.1) is 0 Å². The first-order valence-corrected chi connectivity index (χ1v) is 5.77. The molecule has 0 bridgehead atoms. The Kier molecular flexibility index (Phi) is 5.05. The van der Waals surface area contributed by atoms with E-state index in [0.29, 0.717) is 5.92 Å². The highest BCUT2D eigenvalue weighted by Crippen LogP contribution is 2.27. The Labute approximate surface area is 91.2 Å². The van der Waals surface area contributed by atoms with Gasteiger partial charge in [0.1, 0.15) is 6.10 Å². The number of aliphatic hydroxyl groups excluding tert-OH is 1. The van der Waals surface area contributed by atoms with Crippen molar-refractivity contribution >= 4 is 5.91 Å². The van der Waals surface area contributed by atoms with Crippen LogP contribution in [0.4, 0.5) is 0 Å². The maximum absolute atomic E-state index is 10.6. The van der Waals surface area contributed by atoms with E-state index in [1.54, 1.807) is 0 Å². The Hall–Kier alpha value is -0.610. The van der Waals surface area contributed by atoms with E-state index in [1.165, 1.54) is 25.7 Å². The molecule has 1 saturated carbocycles. The molecule has 1 aliphatic rings. The lowest BCUT2D eigenvalue weighted by Crippen LogP contribution is -2.39. The van der Waals surface area contributed by atoms with Gasteiger partial charge < -0.3 is 16.2 Å². The number of aliphatic hydroxyl groups is 1. The summed E-state index contributed by atoms with van der Waals surface area (Å²) in [5.41, 5.74) is 4.94. The van der Waals surface area contributed by atoms with Crippen molar-refractivity contribution in [3.63, 3.8) is 0 Å². The van der Waals surface area contributed by atoms with E-state index in [-0.39, 0.29) is 6.54 Å². The van der Waals surface area contributed by atoms with Crippen molar-refractivity contribution in [3.8, 4) is 0 Å². The van der Waals surface area contributed by atoms with Crippen LogP contribution in [0.5, 0.6) is 0 Å². The fourth-order valence-corrected chi connectivity index (χ4v) is 2.06. The molecule has 4 nitrogen and oxygen atoms in total. The molecular weight excluding hydrogens is 192 g/mol. The summed E-state index contributed by atoms with van der Waals surface area (Å²) in [6.45, 7) is 3.46. The zero-order chi connectivity index (χ0) is 11.3. The van der Waals surface area contributed by atoms with Crippen molar-refractivity contribution in [1.82, 2.24) is 5.32 Å². The summed E-state index contributed by atoms with van der Waals surface area (Å²) in [6.07, 6.45) is 4.05. The molecule has 0 aromatic rings. The molecule has 0 heterocycles. The highest BCUT2D eigenvalue weighted by atomic mass is 16.3. The second-order valence-corrected chi connectivity index (χ2v) is 4.70. The molecule has 15 heavy (non-hydrogen) atoms. The predicted molar refractivity (Wildman–Crippen MR) is 59.2 cm³/mol. The van der Waals surface area contributed by atoms with Gasteiger partial charge in [0, 0.05) is 6.54 Å². The van der Waals surface area contributed by atoms with Crippen molar-refractivity contribution in [2.24, 2.45) is 17.6 Å².